The molecule has 1 heterocycles. The second-order valence-electron chi connectivity index (χ2n) is 12.5. The van der Waals surface area contributed by atoms with Crippen LogP contribution in [0.2, 0.25) is 0 Å². The quantitative estimate of drug-likeness (QED) is 0.146. The molecule has 0 bridgehead atoms. The van der Waals surface area contributed by atoms with Gasteiger partial charge in [0.2, 0.25) is 0 Å². The molecular formula is C46H28O. The molecule has 0 saturated heterocycles. The van der Waals surface area contributed by atoms with Gasteiger partial charge in [0.1, 0.15) is 11.2 Å². The highest BCUT2D eigenvalue weighted by Gasteiger charge is 2.18. The Labute approximate surface area is 271 Å². The van der Waals surface area contributed by atoms with E-state index in [1.165, 1.54) is 81.9 Å². The van der Waals surface area contributed by atoms with Crippen LogP contribution < -0.4 is 0 Å². The highest BCUT2D eigenvalue weighted by atomic mass is 16.3. The third kappa shape index (κ3) is 4.03. The largest absolute Gasteiger partial charge is 0.456 e. The van der Waals surface area contributed by atoms with E-state index >= 15 is 0 Å². The van der Waals surface area contributed by atoms with E-state index in [2.05, 4.69) is 170 Å². The van der Waals surface area contributed by atoms with Crippen LogP contribution in [0.15, 0.2) is 174 Å². The maximum Gasteiger partial charge on any atom is 0.136 e. The molecule has 1 heteroatoms. The van der Waals surface area contributed by atoms with Crippen LogP contribution in [0.4, 0.5) is 0 Å². The third-order valence-corrected chi connectivity index (χ3v) is 9.80. The summed E-state index contributed by atoms with van der Waals surface area (Å²) in [4.78, 5) is 0. The van der Waals surface area contributed by atoms with Gasteiger partial charge in [0.15, 0.2) is 0 Å². The van der Waals surface area contributed by atoms with Crippen molar-refractivity contribution in [1.82, 2.24) is 0 Å². The Morgan fingerprint density at radius 2 is 0.936 bits per heavy atom. The Balaban J connectivity index is 1.34. The molecule has 0 radical (unpaired) electrons. The molecule has 0 aliphatic rings. The molecule has 1 nitrogen and oxygen atoms in total. The van der Waals surface area contributed by atoms with E-state index in [0.717, 1.165) is 16.6 Å². The molecule has 0 aliphatic heterocycles. The molecule has 1 aromatic heterocycles. The minimum atomic E-state index is 0.905. The second kappa shape index (κ2) is 10.2. The van der Waals surface area contributed by atoms with Crippen molar-refractivity contribution in [3.63, 3.8) is 0 Å². The van der Waals surface area contributed by atoms with E-state index in [4.69, 9.17) is 4.42 Å². The van der Waals surface area contributed by atoms with Crippen LogP contribution in [0.25, 0.3) is 98.4 Å². The first-order chi connectivity index (χ1) is 23.3. The van der Waals surface area contributed by atoms with Crippen molar-refractivity contribution in [2.45, 2.75) is 0 Å². The number of furan rings is 1. The first-order valence-electron chi connectivity index (χ1n) is 16.2. The van der Waals surface area contributed by atoms with Gasteiger partial charge in [0, 0.05) is 10.8 Å². The summed E-state index contributed by atoms with van der Waals surface area (Å²) >= 11 is 0. The minimum Gasteiger partial charge on any atom is -0.456 e. The highest BCUT2D eigenvalue weighted by molar-refractivity contribution is 6.24. The fourth-order valence-electron chi connectivity index (χ4n) is 7.68. The molecule has 0 amide bonds. The zero-order valence-corrected chi connectivity index (χ0v) is 25.6. The van der Waals surface area contributed by atoms with Gasteiger partial charge < -0.3 is 4.42 Å². The summed E-state index contributed by atoms with van der Waals surface area (Å²) in [6.45, 7) is 0. The van der Waals surface area contributed by atoms with Gasteiger partial charge in [-0.3, -0.25) is 0 Å². The lowest BCUT2D eigenvalue weighted by atomic mass is 9.86. The van der Waals surface area contributed by atoms with Crippen molar-refractivity contribution in [3.05, 3.63) is 170 Å². The summed E-state index contributed by atoms with van der Waals surface area (Å²) in [5.41, 5.74) is 9.01. The zero-order valence-electron chi connectivity index (χ0n) is 25.6. The Hall–Kier alpha value is -6.18. The first kappa shape index (κ1) is 26.1. The monoisotopic (exact) mass is 596 g/mol. The van der Waals surface area contributed by atoms with Gasteiger partial charge in [0.05, 0.1) is 0 Å². The summed E-state index contributed by atoms with van der Waals surface area (Å²) in [6.07, 6.45) is 0. The molecule has 0 atom stereocenters. The Kier molecular flexibility index (Phi) is 5.64. The Bertz CT molecular complexity index is 2840. The summed E-state index contributed by atoms with van der Waals surface area (Å²) in [5.74, 6) is 0. The lowest BCUT2D eigenvalue weighted by molar-refractivity contribution is 0.669. The van der Waals surface area contributed by atoms with Crippen LogP contribution in [-0.4, -0.2) is 0 Å². The number of hydrogen-bond donors (Lipinski definition) is 0. The number of rotatable bonds is 3. The predicted molar refractivity (Wildman–Crippen MR) is 200 cm³/mol. The van der Waals surface area contributed by atoms with Gasteiger partial charge >= 0.3 is 0 Å². The summed E-state index contributed by atoms with van der Waals surface area (Å²) in [7, 11) is 0. The normalized spacial score (nSPS) is 11.8. The summed E-state index contributed by atoms with van der Waals surface area (Å²) in [5, 5.41) is 12.3. The molecule has 9 aromatic carbocycles. The number of hydrogen-bond acceptors (Lipinski definition) is 1. The molecular weight excluding hydrogens is 569 g/mol. The van der Waals surface area contributed by atoms with E-state index in [0.29, 0.717) is 0 Å². The molecule has 0 unspecified atom stereocenters. The highest BCUT2D eigenvalue weighted by Crippen LogP contribution is 2.45. The van der Waals surface area contributed by atoms with Crippen LogP contribution >= 0.6 is 0 Å². The smallest absolute Gasteiger partial charge is 0.136 e. The second-order valence-corrected chi connectivity index (χ2v) is 12.5. The van der Waals surface area contributed by atoms with Crippen molar-refractivity contribution in [3.8, 4) is 33.4 Å². The van der Waals surface area contributed by atoms with Crippen molar-refractivity contribution in [1.29, 1.82) is 0 Å². The molecule has 218 valence electrons. The first-order valence-corrected chi connectivity index (χ1v) is 16.2. The SMILES string of the molecule is c1ccc(-c2cc(-c3c4ccccc4cc4c3ccc3ccccc34)cc(-c3cccc4oc5ccc6ccccc6c5c34)c2)cc1. The summed E-state index contributed by atoms with van der Waals surface area (Å²) < 4.78 is 6.51. The van der Waals surface area contributed by atoms with Crippen molar-refractivity contribution in [2.75, 3.05) is 0 Å². The molecule has 47 heavy (non-hydrogen) atoms. The Morgan fingerprint density at radius 3 is 1.79 bits per heavy atom. The molecule has 0 saturated carbocycles. The van der Waals surface area contributed by atoms with Crippen molar-refractivity contribution < 1.29 is 4.42 Å². The fraction of sp³-hybridized carbons (Fsp3) is 0. The molecule has 0 fully saturated rings. The average molecular weight is 597 g/mol. The van der Waals surface area contributed by atoms with Crippen LogP contribution in [0.5, 0.6) is 0 Å². The van der Waals surface area contributed by atoms with Gasteiger partial charge in [-0.05, 0) is 113 Å². The van der Waals surface area contributed by atoms with Gasteiger partial charge in [-0.15, -0.1) is 0 Å². The van der Waals surface area contributed by atoms with Crippen molar-refractivity contribution in [2.24, 2.45) is 0 Å². The molecule has 0 spiro atoms. The fourth-order valence-corrected chi connectivity index (χ4v) is 7.68. The van der Waals surface area contributed by atoms with E-state index in [1.54, 1.807) is 0 Å². The molecule has 0 N–H and O–H groups in total. The van der Waals surface area contributed by atoms with Gasteiger partial charge in [-0.2, -0.15) is 0 Å². The van der Waals surface area contributed by atoms with E-state index in [9.17, 15) is 0 Å². The van der Waals surface area contributed by atoms with Crippen molar-refractivity contribution >= 4 is 65.0 Å². The van der Waals surface area contributed by atoms with Crippen LogP contribution in [0, 0.1) is 0 Å². The average Bonchev–Trinajstić information content (AvgIpc) is 3.54. The molecule has 0 aliphatic carbocycles. The number of benzene rings is 9. The van der Waals surface area contributed by atoms with E-state index < -0.39 is 0 Å². The molecule has 10 rings (SSSR count). The van der Waals surface area contributed by atoms with Gasteiger partial charge in [-0.1, -0.05) is 133 Å². The lowest BCUT2D eigenvalue weighted by Gasteiger charge is -2.17. The van der Waals surface area contributed by atoms with E-state index in [1.807, 2.05) is 0 Å². The van der Waals surface area contributed by atoms with E-state index in [-0.39, 0.29) is 0 Å². The molecule has 10 aromatic rings. The minimum absolute atomic E-state index is 0.905. The van der Waals surface area contributed by atoms with Crippen LogP contribution in [-0.2, 0) is 0 Å². The predicted octanol–water partition coefficient (Wildman–Crippen LogP) is 13.2. The standard InChI is InChI=1S/C46H28O/c1-2-11-29(12-3-1)33-25-34(39-19-10-20-42-46(39)45-37-17-8-5-14-31(37)22-24-43(45)47-42)27-35(26-33)44-38-18-9-6-15-32(38)28-41-36-16-7-4-13-30(36)21-23-40(41)44/h1-28H. The van der Waals surface area contributed by atoms with Gasteiger partial charge in [0.25, 0.3) is 0 Å². The maximum atomic E-state index is 6.51. The third-order valence-electron chi connectivity index (χ3n) is 9.80. The lowest BCUT2D eigenvalue weighted by Crippen LogP contribution is -1.90. The van der Waals surface area contributed by atoms with Crippen LogP contribution in [0.3, 0.4) is 0 Å². The summed E-state index contributed by atoms with van der Waals surface area (Å²) in [6, 6.07) is 61.7. The zero-order chi connectivity index (χ0) is 30.9. The number of fused-ring (bicyclic) bond motifs is 9. The van der Waals surface area contributed by atoms with Gasteiger partial charge in [-0.25, -0.2) is 0 Å². The Morgan fingerprint density at radius 1 is 0.298 bits per heavy atom. The topological polar surface area (TPSA) is 13.1 Å². The van der Waals surface area contributed by atoms with Crippen LogP contribution in [0.1, 0.15) is 0 Å². The maximum absolute atomic E-state index is 6.51.